The van der Waals surface area contributed by atoms with Crippen molar-refractivity contribution in [2.75, 3.05) is 0 Å². The van der Waals surface area contributed by atoms with Gasteiger partial charge in [0.15, 0.2) is 0 Å². The van der Waals surface area contributed by atoms with Crippen molar-refractivity contribution in [2.24, 2.45) is 5.92 Å². The van der Waals surface area contributed by atoms with Gasteiger partial charge in [-0.3, -0.25) is 4.79 Å². The molecule has 4 heteroatoms. The molecule has 1 aliphatic heterocycles. The van der Waals surface area contributed by atoms with Crippen molar-refractivity contribution in [2.45, 2.75) is 45.1 Å². The van der Waals surface area contributed by atoms with Crippen LogP contribution in [0.15, 0.2) is 18.2 Å². The summed E-state index contributed by atoms with van der Waals surface area (Å²) in [6.45, 7) is 4.27. The summed E-state index contributed by atoms with van der Waals surface area (Å²) in [6.07, 6.45) is 2.95. The van der Waals surface area contributed by atoms with Crippen LogP contribution in [0.2, 0.25) is 5.02 Å². The van der Waals surface area contributed by atoms with E-state index in [1.807, 2.05) is 0 Å². The Labute approximate surface area is 118 Å². The summed E-state index contributed by atoms with van der Waals surface area (Å²) in [5, 5.41) is 3.53. The molecule has 2 rings (SSSR count). The summed E-state index contributed by atoms with van der Waals surface area (Å²) in [7, 11) is 0. The van der Waals surface area contributed by atoms with Crippen LogP contribution in [0.1, 0.15) is 38.7 Å². The van der Waals surface area contributed by atoms with E-state index in [9.17, 15) is 9.18 Å². The molecule has 1 amide bonds. The van der Waals surface area contributed by atoms with Gasteiger partial charge in [-0.25, -0.2) is 4.39 Å². The second-order valence-electron chi connectivity index (χ2n) is 5.84. The maximum Gasteiger partial charge on any atom is 0.220 e. The number of halogens is 2. The van der Waals surface area contributed by atoms with Gasteiger partial charge in [0.2, 0.25) is 5.91 Å². The van der Waals surface area contributed by atoms with Crippen LogP contribution in [0.3, 0.4) is 0 Å². The van der Waals surface area contributed by atoms with E-state index < -0.39 is 0 Å². The zero-order valence-corrected chi connectivity index (χ0v) is 12.1. The van der Waals surface area contributed by atoms with Crippen molar-refractivity contribution in [3.63, 3.8) is 0 Å². The molecule has 0 radical (unpaired) electrons. The molecule has 0 aliphatic carbocycles. The number of amides is 1. The Morgan fingerprint density at radius 3 is 2.74 bits per heavy atom. The average molecular weight is 284 g/mol. The fraction of sp³-hybridized carbons (Fsp3) is 0.533. The molecular formula is C15H19ClFNO. The third-order valence-electron chi connectivity index (χ3n) is 3.58. The minimum absolute atomic E-state index is 0.0962. The van der Waals surface area contributed by atoms with Gasteiger partial charge in [0.1, 0.15) is 5.82 Å². The van der Waals surface area contributed by atoms with Crippen LogP contribution < -0.4 is 5.32 Å². The van der Waals surface area contributed by atoms with Crippen LogP contribution in [-0.4, -0.2) is 11.4 Å². The molecule has 1 aromatic carbocycles. The molecule has 0 aromatic heterocycles. The van der Waals surface area contributed by atoms with E-state index in [2.05, 4.69) is 19.2 Å². The van der Waals surface area contributed by atoms with Crippen LogP contribution in [0.5, 0.6) is 0 Å². The number of hydrogen-bond donors (Lipinski definition) is 1. The molecule has 0 bridgehead atoms. The van der Waals surface area contributed by atoms with Gasteiger partial charge in [-0.05, 0) is 42.9 Å². The number of rotatable bonds is 4. The zero-order chi connectivity index (χ0) is 14.0. The lowest BCUT2D eigenvalue weighted by Crippen LogP contribution is -2.44. The van der Waals surface area contributed by atoms with Crippen molar-refractivity contribution >= 4 is 17.5 Å². The first-order valence-corrected chi connectivity index (χ1v) is 7.03. The van der Waals surface area contributed by atoms with Gasteiger partial charge in [-0.2, -0.15) is 0 Å². The van der Waals surface area contributed by atoms with E-state index in [1.54, 1.807) is 6.07 Å². The Kier molecular flexibility index (Phi) is 4.14. The maximum absolute atomic E-state index is 13.1. The van der Waals surface area contributed by atoms with Gasteiger partial charge in [0, 0.05) is 17.0 Å². The van der Waals surface area contributed by atoms with E-state index in [4.69, 9.17) is 11.6 Å². The molecule has 1 heterocycles. The molecule has 1 fully saturated rings. The predicted octanol–water partition coefficient (Wildman–Crippen LogP) is 3.72. The standard InChI is InChI=1S/C15H19ClFNO/c1-10(2)8-15(6-5-14(19)18-15)9-11-3-4-12(17)7-13(11)16/h3-4,7,10H,5-6,8-9H2,1-2H3,(H,18,19). The minimum Gasteiger partial charge on any atom is -0.350 e. The third kappa shape index (κ3) is 3.47. The highest BCUT2D eigenvalue weighted by Crippen LogP contribution is 2.33. The fourth-order valence-electron chi connectivity index (χ4n) is 2.94. The number of benzene rings is 1. The van der Waals surface area contributed by atoms with Gasteiger partial charge >= 0.3 is 0 Å². The van der Waals surface area contributed by atoms with Crippen LogP contribution in [-0.2, 0) is 11.2 Å². The van der Waals surface area contributed by atoms with Crippen molar-refractivity contribution in [1.29, 1.82) is 0 Å². The second kappa shape index (κ2) is 5.49. The molecule has 1 saturated heterocycles. The molecule has 0 saturated carbocycles. The lowest BCUT2D eigenvalue weighted by atomic mass is 9.82. The summed E-state index contributed by atoms with van der Waals surface area (Å²) in [6, 6.07) is 4.46. The van der Waals surface area contributed by atoms with E-state index in [0.29, 0.717) is 23.8 Å². The van der Waals surface area contributed by atoms with E-state index in [1.165, 1.54) is 12.1 Å². The predicted molar refractivity (Wildman–Crippen MR) is 74.7 cm³/mol. The summed E-state index contributed by atoms with van der Waals surface area (Å²) in [5.74, 6) is 0.249. The monoisotopic (exact) mass is 283 g/mol. The molecule has 1 N–H and O–H groups in total. The smallest absolute Gasteiger partial charge is 0.220 e. The van der Waals surface area contributed by atoms with Gasteiger partial charge < -0.3 is 5.32 Å². The topological polar surface area (TPSA) is 29.1 Å². The fourth-order valence-corrected chi connectivity index (χ4v) is 3.18. The van der Waals surface area contributed by atoms with Gasteiger partial charge in [0.25, 0.3) is 0 Å². The molecule has 1 unspecified atom stereocenters. The Hall–Kier alpha value is -1.09. The maximum atomic E-state index is 13.1. The van der Waals surface area contributed by atoms with Gasteiger partial charge in [-0.15, -0.1) is 0 Å². The average Bonchev–Trinajstić information content (AvgIpc) is 2.63. The lowest BCUT2D eigenvalue weighted by Gasteiger charge is -2.31. The zero-order valence-electron chi connectivity index (χ0n) is 11.3. The molecule has 1 aliphatic rings. The SMILES string of the molecule is CC(C)CC1(Cc2ccc(F)cc2Cl)CCC(=O)N1. The number of carbonyl (C=O) groups is 1. The molecule has 1 aromatic rings. The van der Waals surface area contributed by atoms with Crippen molar-refractivity contribution in [1.82, 2.24) is 5.32 Å². The van der Waals surface area contributed by atoms with E-state index >= 15 is 0 Å². The highest BCUT2D eigenvalue weighted by molar-refractivity contribution is 6.31. The molecule has 2 nitrogen and oxygen atoms in total. The first-order chi connectivity index (χ1) is 8.90. The summed E-state index contributed by atoms with van der Waals surface area (Å²) < 4.78 is 13.1. The highest BCUT2D eigenvalue weighted by atomic mass is 35.5. The Bertz CT molecular complexity index is 489. The van der Waals surface area contributed by atoms with Gasteiger partial charge in [-0.1, -0.05) is 31.5 Å². The van der Waals surface area contributed by atoms with E-state index in [-0.39, 0.29) is 17.3 Å². The number of hydrogen-bond acceptors (Lipinski definition) is 1. The minimum atomic E-state index is -0.331. The number of nitrogens with one attached hydrogen (secondary N) is 1. The molecule has 0 spiro atoms. The molecule has 104 valence electrons. The normalized spacial score (nSPS) is 22.9. The third-order valence-corrected chi connectivity index (χ3v) is 3.93. The largest absolute Gasteiger partial charge is 0.350 e. The van der Waals surface area contributed by atoms with Crippen LogP contribution in [0, 0.1) is 11.7 Å². The quantitative estimate of drug-likeness (QED) is 0.896. The van der Waals surface area contributed by atoms with Crippen LogP contribution in [0.25, 0.3) is 0 Å². The summed E-state index contributed by atoms with van der Waals surface area (Å²) in [4.78, 5) is 11.6. The van der Waals surface area contributed by atoms with Crippen molar-refractivity contribution in [3.8, 4) is 0 Å². The Balaban J connectivity index is 2.23. The van der Waals surface area contributed by atoms with Crippen LogP contribution >= 0.6 is 11.6 Å². The highest BCUT2D eigenvalue weighted by Gasteiger charge is 2.38. The molecular weight excluding hydrogens is 265 g/mol. The van der Waals surface area contributed by atoms with Crippen molar-refractivity contribution in [3.05, 3.63) is 34.6 Å². The summed E-state index contributed by atoms with van der Waals surface area (Å²) >= 11 is 6.09. The van der Waals surface area contributed by atoms with Crippen LogP contribution in [0.4, 0.5) is 4.39 Å². The molecule has 19 heavy (non-hydrogen) atoms. The van der Waals surface area contributed by atoms with Gasteiger partial charge in [0.05, 0.1) is 0 Å². The van der Waals surface area contributed by atoms with Crippen molar-refractivity contribution < 1.29 is 9.18 Å². The Morgan fingerprint density at radius 2 is 2.21 bits per heavy atom. The summed E-state index contributed by atoms with van der Waals surface area (Å²) in [5.41, 5.74) is 0.665. The first-order valence-electron chi connectivity index (χ1n) is 6.65. The Morgan fingerprint density at radius 1 is 1.47 bits per heavy atom. The first kappa shape index (κ1) is 14.3. The number of carbonyl (C=O) groups excluding carboxylic acids is 1. The van der Waals surface area contributed by atoms with E-state index in [0.717, 1.165) is 18.4 Å². The molecule has 1 atom stereocenters. The second-order valence-corrected chi connectivity index (χ2v) is 6.25. The lowest BCUT2D eigenvalue weighted by molar-refractivity contribution is -0.119.